The number of nitrogens with zero attached hydrogens (tertiary/aromatic N) is 3. The van der Waals surface area contributed by atoms with Crippen LogP contribution in [0.3, 0.4) is 0 Å². The Morgan fingerprint density at radius 2 is 1.65 bits per heavy atom. The number of aliphatic carboxylic acids is 2. The maximum atomic E-state index is 11.7. The van der Waals surface area contributed by atoms with Crippen molar-refractivity contribution in [3.63, 3.8) is 0 Å². The van der Waals surface area contributed by atoms with Crippen LogP contribution in [0.5, 0.6) is 5.88 Å². The number of hydrogen-bond acceptors (Lipinski definition) is 7. The Kier molecular flexibility index (Phi) is 11.2. The number of hydrogen-bond donors (Lipinski definition) is 3. The molecule has 10 heteroatoms. The number of carboxylic acid groups (broad SMARTS) is 2. The molecule has 1 amide bonds. The van der Waals surface area contributed by atoms with Gasteiger partial charge in [-0.15, -0.1) is 0 Å². The average Bonchev–Trinajstić information content (AvgIpc) is 3.03. The van der Waals surface area contributed by atoms with Crippen LogP contribution >= 0.6 is 0 Å². The first kappa shape index (κ1) is 33.4. The fourth-order valence-electron chi connectivity index (χ4n) is 4.99. The fraction of sp³-hybridized carbons (Fsp3) is 0.250. The van der Waals surface area contributed by atoms with Crippen LogP contribution in [-0.2, 0) is 16.0 Å². The normalized spacial score (nSPS) is 10.7. The van der Waals surface area contributed by atoms with E-state index in [4.69, 9.17) is 20.7 Å². The molecule has 0 aliphatic carbocycles. The number of primary amides is 1. The molecule has 0 radical (unpaired) electrons. The lowest BCUT2D eigenvalue weighted by Crippen LogP contribution is -2.26. The molecule has 46 heavy (non-hydrogen) atoms. The first-order chi connectivity index (χ1) is 22.0. The summed E-state index contributed by atoms with van der Waals surface area (Å²) in [6.07, 6.45) is 4.47. The minimum absolute atomic E-state index is 0.158. The van der Waals surface area contributed by atoms with E-state index < -0.39 is 17.8 Å². The van der Waals surface area contributed by atoms with E-state index in [0.717, 1.165) is 51.3 Å². The summed E-state index contributed by atoms with van der Waals surface area (Å²) >= 11 is 0. The summed E-state index contributed by atoms with van der Waals surface area (Å²) in [6.45, 7) is 3.66. The number of carbonyl (C=O) groups is 3. The van der Waals surface area contributed by atoms with E-state index >= 15 is 0 Å². The summed E-state index contributed by atoms with van der Waals surface area (Å²) in [6, 6.07) is 24.7. The number of unbranched alkanes of at least 4 members (excludes halogenated alkanes) is 2. The first-order valence-corrected chi connectivity index (χ1v) is 15.0. The van der Waals surface area contributed by atoms with Crippen molar-refractivity contribution >= 4 is 45.5 Å². The standard InChI is InChI=1S/C24H27N3O3.C12H11NO3/c1-3-4-5-7-16-10-11-21-20(12-16)19(14-22(26-21)27(2)15-23(28)29)17-8-6-9-18(13-17)24(25)30;1-8-2-4-10-9(6-8)3-5-11(13-10)16-7-12(14)15/h6,8-14H,3-5,7,15H2,1-2H3,(H2,25,30)(H,28,29);2-6H,7H2,1H3,(H,14,15). The zero-order chi connectivity index (χ0) is 33.2. The molecule has 0 aliphatic heterocycles. The second-order valence-corrected chi connectivity index (χ2v) is 11.1. The third kappa shape index (κ3) is 9.01. The van der Waals surface area contributed by atoms with Crippen molar-refractivity contribution in [3.05, 3.63) is 95.6 Å². The zero-order valence-corrected chi connectivity index (χ0v) is 26.2. The van der Waals surface area contributed by atoms with E-state index in [2.05, 4.69) is 29.0 Å². The number of carboxylic acids is 2. The van der Waals surface area contributed by atoms with E-state index in [1.54, 1.807) is 36.2 Å². The Bertz CT molecular complexity index is 1870. The summed E-state index contributed by atoms with van der Waals surface area (Å²) in [5, 5.41) is 19.6. The molecule has 2 heterocycles. The highest BCUT2D eigenvalue weighted by Gasteiger charge is 2.14. The third-order valence-electron chi connectivity index (χ3n) is 7.31. The van der Waals surface area contributed by atoms with Gasteiger partial charge in [-0.05, 0) is 85.0 Å². The molecular weight excluding hydrogens is 584 g/mol. The maximum absolute atomic E-state index is 11.7. The van der Waals surface area contributed by atoms with Gasteiger partial charge in [0.15, 0.2) is 6.61 Å². The maximum Gasteiger partial charge on any atom is 0.341 e. The zero-order valence-electron chi connectivity index (χ0n) is 26.2. The van der Waals surface area contributed by atoms with E-state index in [0.29, 0.717) is 17.3 Å². The van der Waals surface area contributed by atoms with Gasteiger partial charge in [0.1, 0.15) is 12.4 Å². The van der Waals surface area contributed by atoms with Gasteiger partial charge in [0, 0.05) is 29.4 Å². The molecule has 3 aromatic carbocycles. The second kappa shape index (κ2) is 15.5. The van der Waals surface area contributed by atoms with Crippen molar-refractivity contribution in [1.82, 2.24) is 9.97 Å². The van der Waals surface area contributed by atoms with Crippen molar-refractivity contribution in [3.8, 4) is 17.0 Å². The number of amides is 1. The van der Waals surface area contributed by atoms with Crippen molar-refractivity contribution in [2.45, 2.75) is 39.5 Å². The van der Waals surface area contributed by atoms with Crippen LogP contribution < -0.4 is 15.4 Å². The number of rotatable bonds is 12. The summed E-state index contributed by atoms with van der Waals surface area (Å²) in [5.74, 6) is -1.53. The van der Waals surface area contributed by atoms with E-state index in [9.17, 15) is 14.4 Å². The molecule has 238 valence electrons. The van der Waals surface area contributed by atoms with Crippen molar-refractivity contribution < 1.29 is 29.3 Å². The van der Waals surface area contributed by atoms with Crippen LogP contribution in [0.15, 0.2) is 78.9 Å². The van der Waals surface area contributed by atoms with Gasteiger partial charge in [-0.3, -0.25) is 9.59 Å². The quantitative estimate of drug-likeness (QED) is 0.137. The van der Waals surface area contributed by atoms with E-state index in [-0.39, 0.29) is 13.2 Å². The molecule has 4 N–H and O–H groups in total. The molecule has 0 saturated heterocycles. The highest BCUT2D eigenvalue weighted by Crippen LogP contribution is 2.33. The molecule has 0 atom stereocenters. The number of aromatic nitrogens is 2. The van der Waals surface area contributed by atoms with Crippen LogP contribution in [0.4, 0.5) is 5.82 Å². The van der Waals surface area contributed by atoms with Gasteiger partial charge in [0.2, 0.25) is 11.8 Å². The highest BCUT2D eigenvalue weighted by molar-refractivity contribution is 5.99. The topological polar surface area (TPSA) is 156 Å². The van der Waals surface area contributed by atoms with Crippen molar-refractivity contribution in [2.24, 2.45) is 5.73 Å². The number of pyridine rings is 2. The number of carbonyl (C=O) groups excluding carboxylic acids is 1. The Hall–Kier alpha value is -5.51. The van der Waals surface area contributed by atoms with Crippen LogP contribution in [0.25, 0.3) is 32.9 Å². The van der Waals surface area contributed by atoms with Crippen LogP contribution in [0, 0.1) is 6.92 Å². The Balaban J connectivity index is 0.000000252. The van der Waals surface area contributed by atoms with Crippen LogP contribution in [0.2, 0.25) is 0 Å². The van der Waals surface area contributed by atoms with E-state index in [1.807, 2.05) is 49.4 Å². The van der Waals surface area contributed by atoms with Gasteiger partial charge >= 0.3 is 11.9 Å². The molecule has 0 spiro atoms. The van der Waals surface area contributed by atoms with Gasteiger partial charge in [0.25, 0.3) is 0 Å². The first-order valence-electron chi connectivity index (χ1n) is 15.0. The van der Waals surface area contributed by atoms with Gasteiger partial charge in [-0.2, -0.15) is 0 Å². The monoisotopic (exact) mass is 622 g/mol. The Morgan fingerprint density at radius 1 is 0.870 bits per heavy atom. The number of anilines is 1. The van der Waals surface area contributed by atoms with Crippen LogP contribution in [0.1, 0.15) is 47.7 Å². The minimum atomic E-state index is -1.01. The number of nitrogens with two attached hydrogens (primary N) is 1. The lowest BCUT2D eigenvalue weighted by atomic mass is 9.96. The summed E-state index contributed by atoms with van der Waals surface area (Å²) in [4.78, 5) is 43.7. The molecule has 5 aromatic rings. The largest absolute Gasteiger partial charge is 0.480 e. The highest BCUT2D eigenvalue weighted by atomic mass is 16.5. The van der Waals surface area contributed by atoms with Gasteiger partial charge in [-0.25, -0.2) is 14.8 Å². The van der Waals surface area contributed by atoms with Gasteiger partial charge in [0.05, 0.1) is 11.0 Å². The third-order valence-corrected chi connectivity index (χ3v) is 7.31. The molecule has 10 nitrogen and oxygen atoms in total. The van der Waals surface area contributed by atoms with E-state index in [1.165, 1.54) is 18.4 Å². The molecule has 0 aliphatic rings. The molecule has 0 bridgehead atoms. The fourth-order valence-corrected chi connectivity index (χ4v) is 4.99. The van der Waals surface area contributed by atoms with Gasteiger partial charge in [-0.1, -0.05) is 49.6 Å². The molecule has 0 unspecified atom stereocenters. The number of ether oxygens (including phenoxy) is 1. The average molecular weight is 623 g/mol. The number of fused-ring (bicyclic) bond motifs is 2. The lowest BCUT2D eigenvalue weighted by Gasteiger charge is -2.19. The van der Waals surface area contributed by atoms with Crippen molar-refractivity contribution in [2.75, 3.05) is 25.1 Å². The number of benzene rings is 3. The molecule has 0 saturated carbocycles. The SMILES string of the molecule is CCCCCc1ccc2nc(N(C)CC(=O)O)cc(-c3cccc(C(N)=O)c3)c2c1.Cc1ccc2nc(OCC(=O)O)ccc2c1. The number of aryl methyl sites for hydroxylation is 2. The minimum Gasteiger partial charge on any atom is -0.480 e. The second-order valence-electron chi connectivity index (χ2n) is 11.1. The Labute approximate surface area is 267 Å². The molecular formula is C36H38N4O6. The number of likely N-dealkylation sites (N-methyl/N-ethyl adjacent to an activating group) is 1. The molecule has 5 rings (SSSR count). The smallest absolute Gasteiger partial charge is 0.341 e. The predicted octanol–water partition coefficient (Wildman–Crippen LogP) is 6.26. The molecule has 0 fully saturated rings. The van der Waals surface area contributed by atoms with Crippen molar-refractivity contribution in [1.29, 1.82) is 0 Å². The summed E-state index contributed by atoms with van der Waals surface area (Å²) < 4.78 is 5.00. The Morgan fingerprint density at radius 3 is 2.37 bits per heavy atom. The van der Waals surface area contributed by atoms with Gasteiger partial charge < -0.3 is 25.6 Å². The summed E-state index contributed by atoms with van der Waals surface area (Å²) in [5.41, 5.74) is 11.6. The summed E-state index contributed by atoms with van der Waals surface area (Å²) in [7, 11) is 1.70. The van der Waals surface area contributed by atoms with Crippen LogP contribution in [-0.4, -0.2) is 58.2 Å². The lowest BCUT2D eigenvalue weighted by molar-refractivity contribution is -0.139. The predicted molar refractivity (Wildman–Crippen MR) is 179 cm³/mol. The molecule has 2 aromatic heterocycles.